The molecule has 0 radical (unpaired) electrons. The van der Waals surface area contributed by atoms with Crippen molar-refractivity contribution in [1.82, 2.24) is 14.5 Å². The molecule has 17 heavy (non-hydrogen) atoms. The molecule has 0 aliphatic heterocycles. The van der Waals surface area contributed by atoms with E-state index in [0.29, 0.717) is 0 Å². The summed E-state index contributed by atoms with van der Waals surface area (Å²) in [5.41, 5.74) is 1.09. The number of pyridine rings is 1. The third kappa shape index (κ3) is 1.28. The minimum Gasteiger partial charge on any atom is -0.468 e. The van der Waals surface area contributed by atoms with Crippen molar-refractivity contribution in [2.75, 3.05) is 7.11 Å². The van der Waals surface area contributed by atoms with Gasteiger partial charge in [0.25, 0.3) is 0 Å². The van der Waals surface area contributed by atoms with Crippen LogP contribution in [0.2, 0.25) is 0 Å². The largest absolute Gasteiger partial charge is 0.468 e. The van der Waals surface area contributed by atoms with Crippen molar-refractivity contribution < 1.29 is 9.53 Å². The summed E-state index contributed by atoms with van der Waals surface area (Å²) >= 11 is 0. The van der Waals surface area contributed by atoms with E-state index in [4.69, 9.17) is 4.74 Å². The first-order valence-corrected chi connectivity index (χ1v) is 5.55. The van der Waals surface area contributed by atoms with E-state index >= 15 is 0 Å². The van der Waals surface area contributed by atoms with Crippen LogP contribution in [0.15, 0.2) is 18.3 Å². The fraction of sp³-hybridized carbons (Fsp3) is 0.417. The van der Waals surface area contributed by atoms with Crippen LogP contribution in [0.5, 0.6) is 0 Å². The van der Waals surface area contributed by atoms with Gasteiger partial charge < -0.3 is 9.30 Å². The van der Waals surface area contributed by atoms with E-state index in [1.807, 2.05) is 23.7 Å². The number of rotatable bonds is 2. The lowest BCUT2D eigenvalue weighted by molar-refractivity contribution is -0.143. The van der Waals surface area contributed by atoms with Crippen LogP contribution in [-0.2, 0) is 22.0 Å². The second-order valence-electron chi connectivity index (χ2n) is 4.41. The molecule has 0 atom stereocenters. The maximum atomic E-state index is 11.8. The minimum atomic E-state index is -0.538. The molecular weight excluding hydrogens is 218 g/mol. The quantitative estimate of drug-likeness (QED) is 0.728. The van der Waals surface area contributed by atoms with Crippen LogP contribution in [0.3, 0.4) is 0 Å². The zero-order chi connectivity index (χ0) is 12.0. The molecule has 0 N–H and O–H groups in total. The number of fused-ring (bicyclic) bond motifs is 1. The van der Waals surface area contributed by atoms with Crippen molar-refractivity contribution in [3.63, 3.8) is 0 Å². The average Bonchev–Trinajstić information content (AvgIpc) is 3.10. The summed E-state index contributed by atoms with van der Waals surface area (Å²) < 4.78 is 6.76. The molecule has 3 rings (SSSR count). The summed E-state index contributed by atoms with van der Waals surface area (Å²) in [6.45, 7) is 0. The van der Waals surface area contributed by atoms with Gasteiger partial charge in [-0.05, 0) is 25.0 Å². The molecule has 1 fully saturated rings. The molecule has 0 aromatic carbocycles. The van der Waals surface area contributed by atoms with E-state index in [0.717, 1.165) is 29.8 Å². The summed E-state index contributed by atoms with van der Waals surface area (Å²) in [6.07, 6.45) is 3.33. The molecule has 2 heterocycles. The Bertz CT molecular complexity index is 599. The highest BCUT2D eigenvalue weighted by Gasteiger charge is 2.56. The molecule has 5 heteroatoms. The number of hydrogen-bond donors (Lipinski definition) is 0. The van der Waals surface area contributed by atoms with Gasteiger partial charge in [-0.1, -0.05) is 0 Å². The number of ether oxygens (including phenoxy) is 1. The van der Waals surface area contributed by atoms with Gasteiger partial charge in [0.15, 0.2) is 5.65 Å². The topological polar surface area (TPSA) is 57.0 Å². The average molecular weight is 231 g/mol. The second-order valence-corrected chi connectivity index (χ2v) is 4.41. The number of esters is 1. The first kappa shape index (κ1) is 10.3. The number of hydrogen-bond acceptors (Lipinski definition) is 4. The fourth-order valence-electron chi connectivity index (χ4n) is 2.29. The Labute approximate surface area is 98.4 Å². The van der Waals surface area contributed by atoms with E-state index in [1.165, 1.54) is 7.11 Å². The number of aromatic nitrogens is 3. The molecular formula is C12H13N3O2. The molecule has 0 unspecified atom stereocenters. The highest BCUT2D eigenvalue weighted by Crippen LogP contribution is 2.48. The summed E-state index contributed by atoms with van der Waals surface area (Å²) in [4.78, 5) is 20.6. The number of nitrogens with zero attached hydrogens (tertiary/aromatic N) is 3. The van der Waals surface area contributed by atoms with Crippen LogP contribution in [-0.4, -0.2) is 27.6 Å². The van der Waals surface area contributed by atoms with Crippen molar-refractivity contribution in [2.45, 2.75) is 18.3 Å². The predicted octanol–water partition coefficient (Wildman–Crippen LogP) is 1.17. The van der Waals surface area contributed by atoms with Crippen molar-refractivity contribution in [1.29, 1.82) is 0 Å². The monoisotopic (exact) mass is 231 g/mol. The third-order valence-corrected chi connectivity index (χ3v) is 3.38. The van der Waals surface area contributed by atoms with Gasteiger partial charge in [0.1, 0.15) is 16.8 Å². The van der Waals surface area contributed by atoms with Gasteiger partial charge >= 0.3 is 5.97 Å². The standard InChI is InChI=1S/C12H13N3O2/c1-15-9-8(4-3-7-13-9)14-10(15)12(5-6-12)11(16)17-2/h3-4,7H,5-6H2,1-2H3. The van der Waals surface area contributed by atoms with Gasteiger partial charge in [-0.25, -0.2) is 9.97 Å². The maximum absolute atomic E-state index is 11.8. The van der Waals surface area contributed by atoms with Crippen molar-refractivity contribution in [3.8, 4) is 0 Å². The Morgan fingerprint density at radius 3 is 2.88 bits per heavy atom. The lowest BCUT2D eigenvalue weighted by Crippen LogP contribution is -2.25. The highest BCUT2D eigenvalue weighted by atomic mass is 16.5. The molecule has 0 spiro atoms. The van der Waals surface area contributed by atoms with E-state index < -0.39 is 5.41 Å². The minimum absolute atomic E-state index is 0.198. The molecule has 0 saturated heterocycles. The van der Waals surface area contributed by atoms with Crippen LogP contribution >= 0.6 is 0 Å². The molecule has 2 aromatic heterocycles. The Morgan fingerprint density at radius 1 is 1.53 bits per heavy atom. The first-order valence-electron chi connectivity index (χ1n) is 5.55. The van der Waals surface area contributed by atoms with Crippen molar-refractivity contribution in [2.24, 2.45) is 7.05 Å². The number of carbonyl (C=O) groups excluding carboxylic acids is 1. The zero-order valence-corrected chi connectivity index (χ0v) is 9.80. The molecule has 0 bridgehead atoms. The van der Waals surface area contributed by atoms with Crippen molar-refractivity contribution >= 4 is 17.1 Å². The Kier molecular flexibility index (Phi) is 1.98. The van der Waals surface area contributed by atoms with Gasteiger partial charge in [-0.15, -0.1) is 0 Å². The number of methoxy groups -OCH3 is 1. The number of carbonyl (C=O) groups is 1. The van der Waals surface area contributed by atoms with E-state index in [1.54, 1.807) is 6.20 Å². The Balaban J connectivity index is 2.19. The SMILES string of the molecule is COC(=O)C1(c2nc3cccnc3n2C)CC1. The third-order valence-electron chi connectivity index (χ3n) is 3.38. The van der Waals surface area contributed by atoms with Crippen LogP contribution < -0.4 is 0 Å². The van der Waals surface area contributed by atoms with Crippen molar-refractivity contribution in [3.05, 3.63) is 24.2 Å². The smallest absolute Gasteiger partial charge is 0.319 e. The number of imidazole rings is 1. The Hall–Kier alpha value is -1.91. The van der Waals surface area contributed by atoms with Gasteiger partial charge in [-0.2, -0.15) is 0 Å². The predicted molar refractivity (Wildman–Crippen MR) is 61.4 cm³/mol. The lowest BCUT2D eigenvalue weighted by atomic mass is 10.1. The molecule has 5 nitrogen and oxygen atoms in total. The molecule has 1 aliphatic rings. The first-order chi connectivity index (χ1) is 8.19. The van der Waals surface area contributed by atoms with E-state index in [-0.39, 0.29) is 5.97 Å². The van der Waals surface area contributed by atoms with Crippen LogP contribution in [0, 0.1) is 0 Å². The second kappa shape index (κ2) is 3.29. The summed E-state index contributed by atoms with van der Waals surface area (Å²) in [5.74, 6) is 0.564. The highest BCUT2D eigenvalue weighted by molar-refractivity contribution is 5.87. The summed E-state index contributed by atoms with van der Waals surface area (Å²) in [7, 11) is 3.31. The summed E-state index contributed by atoms with van der Waals surface area (Å²) in [5, 5.41) is 0. The van der Waals surface area contributed by atoms with E-state index in [2.05, 4.69) is 9.97 Å². The summed E-state index contributed by atoms with van der Waals surface area (Å²) in [6, 6.07) is 3.75. The van der Waals surface area contributed by atoms with Gasteiger partial charge in [-0.3, -0.25) is 4.79 Å². The molecule has 2 aromatic rings. The van der Waals surface area contributed by atoms with Gasteiger partial charge in [0.05, 0.1) is 7.11 Å². The molecule has 0 amide bonds. The molecule has 88 valence electrons. The van der Waals surface area contributed by atoms with Gasteiger partial charge in [0, 0.05) is 13.2 Å². The molecule has 1 aliphatic carbocycles. The van der Waals surface area contributed by atoms with Gasteiger partial charge in [0.2, 0.25) is 0 Å². The van der Waals surface area contributed by atoms with Crippen LogP contribution in [0.25, 0.3) is 11.2 Å². The normalized spacial score (nSPS) is 17.1. The number of aryl methyl sites for hydroxylation is 1. The Morgan fingerprint density at radius 2 is 2.29 bits per heavy atom. The van der Waals surface area contributed by atoms with E-state index in [9.17, 15) is 4.79 Å². The lowest BCUT2D eigenvalue weighted by Gasteiger charge is -2.11. The van der Waals surface area contributed by atoms with Crippen LogP contribution in [0.1, 0.15) is 18.7 Å². The van der Waals surface area contributed by atoms with Crippen LogP contribution in [0.4, 0.5) is 0 Å². The molecule has 1 saturated carbocycles. The zero-order valence-electron chi connectivity index (χ0n) is 9.80. The fourth-order valence-corrected chi connectivity index (χ4v) is 2.29. The maximum Gasteiger partial charge on any atom is 0.319 e.